The smallest absolute Gasteiger partial charge is 0.166 e. The highest BCUT2D eigenvalue weighted by molar-refractivity contribution is 6.17. The molecule has 0 aromatic heterocycles. The van der Waals surface area contributed by atoms with Gasteiger partial charge in [0.05, 0.1) is 5.56 Å². The summed E-state index contributed by atoms with van der Waals surface area (Å²) in [7, 11) is 0. The van der Waals surface area contributed by atoms with E-state index in [1.54, 1.807) is 6.92 Å². The van der Waals surface area contributed by atoms with E-state index in [1.165, 1.54) is 13.0 Å². The van der Waals surface area contributed by atoms with Gasteiger partial charge in [-0.15, -0.1) is 11.6 Å². The summed E-state index contributed by atoms with van der Waals surface area (Å²) >= 11 is 5.54. The lowest BCUT2D eigenvalue weighted by Gasteiger charge is -2.13. The Morgan fingerprint density at radius 1 is 1.14 bits per heavy atom. The topological polar surface area (TPSA) is 0 Å². The minimum atomic E-state index is -4.29. The number of aryl methyl sites for hydroxylation is 2. The molecule has 0 aliphatic carbocycles. The molecule has 0 amide bonds. The highest BCUT2D eigenvalue weighted by atomic mass is 35.5. The maximum absolute atomic E-state index is 12.5. The van der Waals surface area contributed by atoms with Crippen LogP contribution in [0.15, 0.2) is 12.1 Å². The predicted molar refractivity (Wildman–Crippen MR) is 50.5 cm³/mol. The molecule has 0 aliphatic heterocycles. The lowest BCUT2D eigenvalue weighted by Crippen LogP contribution is -2.08. The number of benzene rings is 1. The van der Waals surface area contributed by atoms with Crippen molar-refractivity contribution in [2.75, 3.05) is 0 Å². The second-order valence-corrected chi connectivity index (χ2v) is 3.49. The van der Waals surface area contributed by atoms with Crippen molar-refractivity contribution >= 4 is 11.6 Å². The van der Waals surface area contributed by atoms with E-state index in [4.69, 9.17) is 11.6 Å². The summed E-state index contributed by atoms with van der Waals surface area (Å²) in [6.07, 6.45) is -4.29. The highest BCUT2D eigenvalue weighted by Gasteiger charge is 2.32. The summed E-state index contributed by atoms with van der Waals surface area (Å²) in [5, 5.41) is 0. The first-order valence-corrected chi connectivity index (χ1v) is 4.63. The third-order valence-electron chi connectivity index (χ3n) is 2.13. The van der Waals surface area contributed by atoms with E-state index in [0.717, 1.165) is 11.6 Å². The lowest BCUT2D eigenvalue weighted by atomic mass is 10.0. The zero-order chi connectivity index (χ0) is 10.9. The molecule has 0 radical (unpaired) electrons. The van der Waals surface area contributed by atoms with E-state index >= 15 is 0 Å². The molecule has 0 bridgehead atoms. The Morgan fingerprint density at radius 2 is 1.71 bits per heavy atom. The van der Waals surface area contributed by atoms with Crippen LogP contribution in [0.2, 0.25) is 0 Å². The second kappa shape index (κ2) is 3.81. The molecule has 0 atom stereocenters. The van der Waals surface area contributed by atoms with Gasteiger partial charge in [-0.1, -0.05) is 6.07 Å². The fraction of sp³-hybridized carbons (Fsp3) is 0.400. The van der Waals surface area contributed by atoms with E-state index in [9.17, 15) is 13.2 Å². The molecule has 1 rings (SSSR count). The van der Waals surface area contributed by atoms with Gasteiger partial charge in [-0.05, 0) is 36.6 Å². The molecule has 0 spiro atoms. The van der Waals surface area contributed by atoms with Crippen molar-refractivity contribution in [2.24, 2.45) is 0 Å². The molecule has 1 aromatic carbocycles. The van der Waals surface area contributed by atoms with Crippen molar-refractivity contribution in [3.05, 3.63) is 34.4 Å². The Balaban J connectivity index is 3.32. The van der Waals surface area contributed by atoms with Gasteiger partial charge in [0.2, 0.25) is 0 Å². The molecule has 0 fully saturated rings. The Morgan fingerprint density at radius 3 is 2.14 bits per heavy atom. The highest BCUT2D eigenvalue weighted by Crippen LogP contribution is 2.33. The molecule has 0 N–H and O–H groups in total. The number of hydrogen-bond acceptors (Lipinski definition) is 0. The summed E-state index contributed by atoms with van der Waals surface area (Å²) in [4.78, 5) is 0. The summed E-state index contributed by atoms with van der Waals surface area (Å²) in [6, 6.07) is 2.64. The van der Waals surface area contributed by atoms with E-state index in [0.29, 0.717) is 5.56 Å². The van der Waals surface area contributed by atoms with E-state index < -0.39 is 11.7 Å². The van der Waals surface area contributed by atoms with Gasteiger partial charge in [0.15, 0.2) is 0 Å². The minimum Gasteiger partial charge on any atom is -0.166 e. The first-order chi connectivity index (χ1) is 6.36. The fourth-order valence-electron chi connectivity index (χ4n) is 1.35. The number of hydrogen-bond donors (Lipinski definition) is 0. The van der Waals surface area contributed by atoms with Crippen molar-refractivity contribution in [1.29, 1.82) is 0 Å². The van der Waals surface area contributed by atoms with Crippen LogP contribution in [-0.2, 0) is 12.1 Å². The molecule has 0 aliphatic rings. The summed E-state index contributed by atoms with van der Waals surface area (Å²) in [5.74, 6) is 0.106. The first-order valence-electron chi connectivity index (χ1n) is 4.09. The summed E-state index contributed by atoms with van der Waals surface area (Å²) in [5.41, 5.74) is 0.970. The van der Waals surface area contributed by atoms with E-state index in [-0.39, 0.29) is 11.4 Å². The van der Waals surface area contributed by atoms with Crippen molar-refractivity contribution < 1.29 is 13.2 Å². The standard InChI is InChI=1S/C10H10ClF3/c1-6-3-7(2)9(10(12,13)14)4-8(6)5-11/h3-4H,5H2,1-2H3. The van der Waals surface area contributed by atoms with Gasteiger partial charge in [-0.3, -0.25) is 0 Å². The van der Waals surface area contributed by atoms with Crippen LogP contribution in [0.1, 0.15) is 22.3 Å². The molecule has 4 heteroatoms. The van der Waals surface area contributed by atoms with Crippen LogP contribution >= 0.6 is 11.6 Å². The average Bonchev–Trinajstić information content (AvgIpc) is 2.02. The third kappa shape index (κ3) is 2.21. The third-order valence-corrected chi connectivity index (χ3v) is 2.42. The van der Waals surface area contributed by atoms with Crippen LogP contribution in [-0.4, -0.2) is 0 Å². The quantitative estimate of drug-likeness (QED) is 0.629. The van der Waals surface area contributed by atoms with Gasteiger partial charge in [0.1, 0.15) is 0 Å². The SMILES string of the molecule is Cc1cc(C)c(C(F)(F)F)cc1CCl. The van der Waals surface area contributed by atoms with Gasteiger partial charge in [0.25, 0.3) is 0 Å². The molecular formula is C10H10ClF3. The van der Waals surface area contributed by atoms with Gasteiger partial charge >= 0.3 is 6.18 Å². The molecule has 0 heterocycles. The molecule has 14 heavy (non-hydrogen) atoms. The normalized spacial score (nSPS) is 11.9. The van der Waals surface area contributed by atoms with E-state index in [1.807, 2.05) is 0 Å². The largest absolute Gasteiger partial charge is 0.416 e. The van der Waals surface area contributed by atoms with Crippen LogP contribution in [0.25, 0.3) is 0 Å². The monoisotopic (exact) mass is 222 g/mol. The second-order valence-electron chi connectivity index (χ2n) is 3.23. The Kier molecular flexibility index (Phi) is 3.10. The predicted octanol–water partition coefficient (Wildman–Crippen LogP) is 4.06. The molecule has 0 unspecified atom stereocenters. The average molecular weight is 223 g/mol. The van der Waals surface area contributed by atoms with Gasteiger partial charge < -0.3 is 0 Å². The van der Waals surface area contributed by atoms with Crippen LogP contribution < -0.4 is 0 Å². The van der Waals surface area contributed by atoms with Gasteiger partial charge in [-0.25, -0.2) is 0 Å². The number of halogens is 4. The van der Waals surface area contributed by atoms with Crippen LogP contribution in [0.5, 0.6) is 0 Å². The van der Waals surface area contributed by atoms with Crippen LogP contribution in [0, 0.1) is 13.8 Å². The summed E-state index contributed by atoms with van der Waals surface area (Å²) in [6.45, 7) is 3.21. The van der Waals surface area contributed by atoms with E-state index in [2.05, 4.69) is 0 Å². The number of alkyl halides is 4. The molecule has 0 saturated carbocycles. The molecule has 1 aromatic rings. The lowest BCUT2D eigenvalue weighted by molar-refractivity contribution is -0.138. The van der Waals surface area contributed by atoms with Crippen LogP contribution in [0.3, 0.4) is 0 Å². The Bertz CT molecular complexity index is 342. The van der Waals surface area contributed by atoms with Crippen molar-refractivity contribution in [3.8, 4) is 0 Å². The molecule has 78 valence electrons. The Labute approximate surface area is 85.7 Å². The maximum Gasteiger partial charge on any atom is 0.416 e. The van der Waals surface area contributed by atoms with Crippen LogP contribution in [0.4, 0.5) is 13.2 Å². The van der Waals surface area contributed by atoms with Crippen molar-refractivity contribution in [1.82, 2.24) is 0 Å². The molecular weight excluding hydrogens is 213 g/mol. The van der Waals surface area contributed by atoms with Crippen molar-refractivity contribution in [3.63, 3.8) is 0 Å². The molecule has 0 saturated heterocycles. The first kappa shape index (κ1) is 11.4. The minimum absolute atomic E-state index is 0.106. The Hall–Kier alpha value is -0.700. The fourth-order valence-corrected chi connectivity index (χ4v) is 1.63. The maximum atomic E-state index is 12.5. The zero-order valence-electron chi connectivity index (χ0n) is 7.87. The zero-order valence-corrected chi connectivity index (χ0v) is 8.63. The van der Waals surface area contributed by atoms with Crippen molar-refractivity contribution in [2.45, 2.75) is 25.9 Å². The van der Waals surface area contributed by atoms with Gasteiger partial charge in [0, 0.05) is 5.88 Å². The summed E-state index contributed by atoms with van der Waals surface area (Å²) < 4.78 is 37.4. The van der Waals surface area contributed by atoms with Gasteiger partial charge in [-0.2, -0.15) is 13.2 Å². The molecule has 0 nitrogen and oxygen atoms in total. The number of rotatable bonds is 1.